The third-order valence-corrected chi connectivity index (χ3v) is 3.19. The minimum atomic E-state index is -0.546. The summed E-state index contributed by atoms with van der Waals surface area (Å²) >= 11 is 0. The summed E-state index contributed by atoms with van der Waals surface area (Å²) in [6, 6.07) is 7.31. The highest BCUT2D eigenvalue weighted by molar-refractivity contribution is 5.94. The Labute approximate surface area is 128 Å². The Hall–Kier alpha value is -1.99. The van der Waals surface area contributed by atoms with Crippen molar-refractivity contribution >= 4 is 24.0 Å². The van der Waals surface area contributed by atoms with Crippen molar-refractivity contribution in [1.82, 2.24) is 20.2 Å². The second-order valence-corrected chi connectivity index (χ2v) is 5.04. The fourth-order valence-electron chi connectivity index (χ4n) is 1.94. The van der Waals surface area contributed by atoms with Gasteiger partial charge in [-0.3, -0.25) is 4.79 Å². The Morgan fingerprint density at radius 1 is 1.48 bits per heavy atom. The Morgan fingerprint density at radius 3 is 2.90 bits per heavy atom. The van der Waals surface area contributed by atoms with E-state index in [4.69, 9.17) is 5.73 Å². The van der Waals surface area contributed by atoms with Crippen molar-refractivity contribution in [2.75, 3.05) is 5.32 Å². The van der Waals surface area contributed by atoms with Crippen LogP contribution in [0.4, 0.5) is 5.69 Å². The minimum absolute atomic E-state index is 0. The van der Waals surface area contributed by atoms with Crippen LogP contribution in [-0.4, -0.2) is 32.2 Å². The van der Waals surface area contributed by atoms with Gasteiger partial charge in [0.2, 0.25) is 5.91 Å². The standard InChI is InChI=1S/C13H16N6O.ClH/c1-8(14)13(20)15-10-4-2-3-9(7-10)12-16-17-18-19(12)11-5-6-11;/h2-4,7-8,11H,5-6,14H2,1H3,(H,15,20);1H. The molecule has 1 heterocycles. The summed E-state index contributed by atoms with van der Waals surface area (Å²) < 4.78 is 1.84. The van der Waals surface area contributed by atoms with Gasteiger partial charge in [0, 0.05) is 11.3 Å². The topological polar surface area (TPSA) is 98.7 Å². The molecule has 1 amide bonds. The molecule has 0 saturated heterocycles. The van der Waals surface area contributed by atoms with Gasteiger partial charge in [0.15, 0.2) is 5.82 Å². The number of nitrogens with zero attached hydrogens (tertiary/aromatic N) is 4. The lowest BCUT2D eigenvalue weighted by atomic mass is 10.2. The zero-order valence-electron chi connectivity index (χ0n) is 11.6. The van der Waals surface area contributed by atoms with E-state index in [1.165, 1.54) is 0 Å². The second kappa shape index (κ2) is 6.19. The number of nitrogens with one attached hydrogen (secondary N) is 1. The number of hydrogen-bond acceptors (Lipinski definition) is 5. The third kappa shape index (κ3) is 3.37. The smallest absolute Gasteiger partial charge is 0.240 e. The maximum atomic E-state index is 11.6. The molecule has 2 aromatic rings. The molecule has 21 heavy (non-hydrogen) atoms. The van der Waals surface area contributed by atoms with Crippen LogP contribution in [0.3, 0.4) is 0 Å². The first-order valence-corrected chi connectivity index (χ1v) is 6.60. The summed E-state index contributed by atoms with van der Waals surface area (Å²) in [5.41, 5.74) is 7.11. The molecule has 1 aliphatic carbocycles. The summed E-state index contributed by atoms with van der Waals surface area (Å²) in [4.78, 5) is 11.6. The van der Waals surface area contributed by atoms with E-state index in [2.05, 4.69) is 20.8 Å². The molecule has 3 N–H and O–H groups in total. The molecule has 1 aromatic carbocycles. The number of nitrogens with two attached hydrogens (primary N) is 1. The summed E-state index contributed by atoms with van der Waals surface area (Å²) in [6.07, 6.45) is 2.22. The number of halogens is 1. The van der Waals surface area contributed by atoms with E-state index in [-0.39, 0.29) is 18.3 Å². The van der Waals surface area contributed by atoms with Gasteiger partial charge in [-0.15, -0.1) is 17.5 Å². The van der Waals surface area contributed by atoms with Crippen molar-refractivity contribution in [3.8, 4) is 11.4 Å². The summed E-state index contributed by atoms with van der Waals surface area (Å²) in [7, 11) is 0. The maximum Gasteiger partial charge on any atom is 0.240 e. The van der Waals surface area contributed by atoms with Crippen molar-refractivity contribution in [3.63, 3.8) is 0 Å². The van der Waals surface area contributed by atoms with E-state index in [1.54, 1.807) is 6.92 Å². The molecular weight excluding hydrogens is 292 g/mol. The monoisotopic (exact) mass is 308 g/mol. The first-order valence-electron chi connectivity index (χ1n) is 6.60. The summed E-state index contributed by atoms with van der Waals surface area (Å²) in [5, 5.41) is 14.6. The molecule has 0 spiro atoms. The van der Waals surface area contributed by atoms with Crippen LogP contribution in [0.2, 0.25) is 0 Å². The molecule has 1 atom stereocenters. The molecule has 8 heteroatoms. The quantitative estimate of drug-likeness (QED) is 0.889. The molecule has 0 bridgehead atoms. The molecule has 1 fully saturated rings. The van der Waals surface area contributed by atoms with Gasteiger partial charge in [-0.25, -0.2) is 4.68 Å². The molecule has 3 rings (SSSR count). The average molecular weight is 309 g/mol. The van der Waals surface area contributed by atoms with Crippen LogP contribution in [0.25, 0.3) is 11.4 Å². The molecule has 7 nitrogen and oxygen atoms in total. The van der Waals surface area contributed by atoms with E-state index in [0.717, 1.165) is 24.2 Å². The third-order valence-electron chi connectivity index (χ3n) is 3.19. The second-order valence-electron chi connectivity index (χ2n) is 5.04. The Morgan fingerprint density at radius 2 is 2.24 bits per heavy atom. The normalized spacial score (nSPS) is 15.1. The van der Waals surface area contributed by atoms with Crippen LogP contribution in [-0.2, 0) is 4.79 Å². The summed E-state index contributed by atoms with van der Waals surface area (Å²) in [6.45, 7) is 1.65. The highest BCUT2D eigenvalue weighted by Gasteiger charge is 2.28. The van der Waals surface area contributed by atoms with Crippen LogP contribution in [0.5, 0.6) is 0 Å². The van der Waals surface area contributed by atoms with Gasteiger partial charge >= 0.3 is 0 Å². The van der Waals surface area contributed by atoms with Gasteiger partial charge in [-0.2, -0.15) is 0 Å². The predicted molar refractivity (Wildman–Crippen MR) is 81.1 cm³/mol. The molecule has 1 aromatic heterocycles. The number of hydrogen-bond donors (Lipinski definition) is 2. The zero-order chi connectivity index (χ0) is 14.1. The lowest BCUT2D eigenvalue weighted by Crippen LogP contribution is -2.32. The zero-order valence-corrected chi connectivity index (χ0v) is 12.4. The van der Waals surface area contributed by atoms with Crippen molar-refractivity contribution < 1.29 is 4.79 Å². The number of benzene rings is 1. The van der Waals surface area contributed by atoms with Gasteiger partial charge in [-0.1, -0.05) is 12.1 Å². The number of anilines is 1. The number of aromatic nitrogens is 4. The molecule has 1 unspecified atom stereocenters. The van der Waals surface area contributed by atoms with E-state index < -0.39 is 6.04 Å². The SMILES string of the molecule is CC(N)C(=O)Nc1cccc(-c2nnnn2C2CC2)c1.Cl. The first-order chi connectivity index (χ1) is 9.65. The first kappa shape index (κ1) is 15.4. The van der Waals surface area contributed by atoms with Crippen LogP contribution in [0, 0.1) is 0 Å². The minimum Gasteiger partial charge on any atom is -0.325 e. The molecule has 1 aliphatic rings. The van der Waals surface area contributed by atoms with Gasteiger partial charge in [0.25, 0.3) is 0 Å². The Kier molecular flexibility index (Phi) is 4.54. The van der Waals surface area contributed by atoms with Gasteiger partial charge in [0.1, 0.15) is 0 Å². The van der Waals surface area contributed by atoms with Crippen LogP contribution < -0.4 is 11.1 Å². The van der Waals surface area contributed by atoms with Crippen molar-refractivity contribution in [1.29, 1.82) is 0 Å². The number of carbonyl (C=O) groups is 1. The van der Waals surface area contributed by atoms with E-state index in [0.29, 0.717) is 11.7 Å². The number of tetrazole rings is 1. The fraction of sp³-hybridized carbons (Fsp3) is 0.385. The van der Waals surface area contributed by atoms with Crippen LogP contribution in [0.15, 0.2) is 24.3 Å². The van der Waals surface area contributed by atoms with Crippen LogP contribution >= 0.6 is 12.4 Å². The number of amides is 1. The van der Waals surface area contributed by atoms with Gasteiger partial charge in [0.05, 0.1) is 12.1 Å². The lowest BCUT2D eigenvalue weighted by Gasteiger charge is -2.09. The average Bonchev–Trinajstić information content (AvgIpc) is 3.16. The highest BCUT2D eigenvalue weighted by Crippen LogP contribution is 2.36. The Balaban J connectivity index is 0.00000161. The van der Waals surface area contributed by atoms with Gasteiger partial charge < -0.3 is 11.1 Å². The van der Waals surface area contributed by atoms with Crippen LogP contribution in [0.1, 0.15) is 25.8 Å². The molecule has 0 radical (unpaired) electrons. The van der Waals surface area contributed by atoms with E-state index in [9.17, 15) is 4.79 Å². The number of carbonyl (C=O) groups excluding carboxylic acids is 1. The number of rotatable bonds is 4. The van der Waals surface area contributed by atoms with Crippen molar-refractivity contribution in [2.24, 2.45) is 5.73 Å². The molecule has 0 aliphatic heterocycles. The van der Waals surface area contributed by atoms with E-state index in [1.807, 2.05) is 28.9 Å². The highest BCUT2D eigenvalue weighted by atomic mass is 35.5. The Bertz CT molecular complexity index is 637. The summed E-state index contributed by atoms with van der Waals surface area (Å²) in [5.74, 6) is 0.508. The molecule has 112 valence electrons. The van der Waals surface area contributed by atoms with Gasteiger partial charge in [-0.05, 0) is 42.3 Å². The van der Waals surface area contributed by atoms with E-state index >= 15 is 0 Å². The lowest BCUT2D eigenvalue weighted by molar-refractivity contribution is -0.117. The maximum absolute atomic E-state index is 11.6. The molecular formula is C13H17ClN6O. The largest absolute Gasteiger partial charge is 0.325 e. The van der Waals surface area contributed by atoms with Crippen molar-refractivity contribution in [3.05, 3.63) is 24.3 Å². The predicted octanol–water partition coefficient (Wildman–Crippen LogP) is 1.38. The molecule has 1 saturated carbocycles. The van der Waals surface area contributed by atoms with Crippen molar-refractivity contribution in [2.45, 2.75) is 31.8 Å². The fourth-order valence-corrected chi connectivity index (χ4v) is 1.94.